The van der Waals surface area contributed by atoms with Crippen molar-refractivity contribution in [3.05, 3.63) is 0 Å². The Bertz CT molecular complexity index is 160. The van der Waals surface area contributed by atoms with E-state index in [0.29, 0.717) is 6.04 Å². The number of hydrogen-bond acceptors (Lipinski definition) is 3. The molecule has 0 aromatic carbocycles. The van der Waals surface area contributed by atoms with Gasteiger partial charge in [-0.3, -0.25) is 9.80 Å². The van der Waals surface area contributed by atoms with Crippen molar-refractivity contribution in [2.45, 2.75) is 45.7 Å². The Labute approximate surface area is 94.6 Å². The molecular weight excluding hydrogens is 186 g/mol. The van der Waals surface area contributed by atoms with E-state index < -0.39 is 0 Å². The maximum atomic E-state index is 5.69. The standard InChI is InChI=1S/C12H27N3/c1-4-12(5-2)15-8-6-14(7-9-15)11(3)10-13/h11-12H,4-10,13H2,1-3H3. The fourth-order valence-corrected chi connectivity index (χ4v) is 2.50. The number of nitrogens with zero attached hydrogens (tertiary/aromatic N) is 2. The third-order valence-corrected chi connectivity index (χ3v) is 3.77. The van der Waals surface area contributed by atoms with Crippen LogP contribution in [0.5, 0.6) is 0 Å². The van der Waals surface area contributed by atoms with Crippen LogP contribution in [0.4, 0.5) is 0 Å². The van der Waals surface area contributed by atoms with E-state index in [9.17, 15) is 0 Å². The molecule has 0 amide bonds. The molecule has 3 nitrogen and oxygen atoms in total. The van der Waals surface area contributed by atoms with Gasteiger partial charge in [-0.1, -0.05) is 13.8 Å². The SMILES string of the molecule is CCC(CC)N1CCN(C(C)CN)CC1. The fourth-order valence-electron chi connectivity index (χ4n) is 2.50. The first-order valence-corrected chi connectivity index (χ1v) is 6.41. The van der Waals surface area contributed by atoms with Crippen molar-refractivity contribution < 1.29 is 0 Å². The summed E-state index contributed by atoms with van der Waals surface area (Å²) in [5, 5.41) is 0. The first-order chi connectivity index (χ1) is 7.22. The molecule has 2 N–H and O–H groups in total. The topological polar surface area (TPSA) is 32.5 Å². The minimum absolute atomic E-state index is 0.550. The molecule has 0 aromatic rings. The van der Waals surface area contributed by atoms with Crippen LogP contribution in [0, 0.1) is 0 Å². The van der Waals surface area contributed by atoms with Crippen LogP contribution >= 0.6 is 0 Å². The van der Waals surface area contributed by atoms with Crippen LogP contribution in [0.1, 0.15) is 33.6 Å². The second-order valence-electron chi connectivity index (χ2n) is 4.63. The Morgan fingerprint density at radius 2 is 1.47 bits per heavy atom. The van der Waals surface area contributed by atoms with Crippen molar-refractivity contribution in [2.24, 2.45) is 5.73 Å². The van der Waals surface area contributed by atoms with Crippen molar-refractivity contribution in [2.75, 3.05) is 32.7 Å². The van der Waals surface area contributed by atoms with Gasteiger partial charge in [0, 0.05) is 44.8 Å². The van der Waals surface area contributed by atoms with E-state index in [2.05, 4.69) is 30.6 Å². The van der Waals surface area contributed by atoms with E-state index in [0.717, 1.165) is 12.6 Å². The number of hydrogen-bond donors (Lipinski definition) is 1. The van der Waals surface area contributed by atoms with Crippen LogP contribution < -0.4 is 5.73 Å². The highest BCUT2D eigenvalue weighted by molar-refractivity contribution is 4.80. The molecule has 1 aliphatic heterocycles. The quantitative estimate of drug-likeness (QED) is 0.743. The molecule has 0 bridgehead atoms. The van der Waals surface area contributed by atoms with Gasteiger partial charge in [-0.25, -0.2) is 0 Å². The predicted octanol–water partition coefficient (Wildman–Crippen LogP) is 1.14. The Hall–Kier alpha value is -0.120. The second kappa shape index (κ2) is 6.46. The summed E-state index contributed by atoms with van der Waals surface area (Å²) >= 11 is 0. The summed E-state index contributed by atoms with van der Waals surface area (Å²) < 4.78 is 0. The highest BCUT2D eigenvalue weighted by Crippen LogP contribution is 2.13. The molecule has 1 fully saturated rings. The largest absolute Gasteiger partial charge is 0.329 e. The van der Waals surface area contributed by atoms with Gasteiger partial charge in [0.1, 0.15) is 0 Å². The average molecular weight is 213 g/mol. The zero-order chi connectivity index (χ0) is 11.3. The number of rotatable bonds is 5. The molecule has 1 rings (SSSR count). The Morgan fingerprint density at radius 3 is 1.87 bits per heavy atom. The predicted molar refractivity (Wildman–Crippen MR) is 66.0 cm³/mol. The normalized spacial score (nSPS) is 22.2. The molecular formula is C12H27N3. The molecule has 90 valence electrons. The van der Waals surface area contributed by atoms with Crippen molar-refractivity contribution in [1.82, 2.24) is 9.80 Å². The van der Waals surface area contributed by atoms with Crippen molar-refractivity contribution >= 4 is 0 Å². The van der Waals surface area contributed by atoms with Gasteiger partial charge < -0.3 is 5.73 Å². The summed E-state index contributed by atoms with van der Waals surface area (Å²) in [4.78, 5) is 5.15. The van der Waals surface area contributed by atoms with Crippen LogP contribution in [0.2, 0.25) is 0 Å². The van der Waals surface area contributed by atoms with E-state index in [1.807, 2.05) is 0 Å². The van der Waals surface area contributed by atoms with E-state index in [4.69, 9.17) is 5.73 Å². The highest BCUT2D eigenvalue weighted by Gasteiger charge is 2.23. The molecule has 3 heteroatoms. The van der Waals surface area contributed by atoms with Gasteiger partial charge in [-0.2, -0.15) is 0 Å². The maximum Gasteiger partial charge on any atom is 0.0191 e. The third-order valence-electron chi connectivity index (χ3n) is 3.77. The van der Waals surface area contributed by atoms with Crippen LogP contribution in [-0.2, 0) is 0 Å². The lowest BCUT2D eigenvalue weighted by Gasteiger charge is -2.41. The zero-order valence-corrected chi connectivity index (χ0v) is 10.6. The highest BCUT2D eigenvalue weighted by atomic mass is 15.3. The lowest BCUT2D eigenvalue weighted by molar-refractivity contribution is 0.0727. The summed E-state index contributed by atoms with van der Waals surface area (Å²) in [6.45, 7) is 12.4. The first kappa shape index (κ1) is 12.9. The monoisotopic (exact) mass is 213 g/mol. The Morgan fingerprint density at radius 1 is 1.00 bits per heavy atom. The number of piperazine rings is 1. The summed E-state index contributed by atoms with van der Waals surface area (Å²) in [6, 6.07) is 1.34. The molecule has 1 unspecified atom stereocenters. The molecule has 1 heterocycles. The molecule has 0 aliphatic carbocycles. The van der Waals surface area contributed by atoms with Gasteiger partial charge in [0.15, 0.2) is 0 Å². The minimum Gasteiger partial charge on any atom is -0.329 e. The van der Waals surface area contributed by atoms with Crippen LogP contribution in [0.3, 0.4) is 0 Å². The lowest BCUT2D eigenvalue weighted by Crippen LogP contribution is -2.53. The first-order valence-electron chi connectivity index (χ1n) is 6.41. The molecule has 1 atom stereocenters. The Balaban J connectivity index is 2.34. The van der Waals surface area contributed by atoms with Gasteiger partial charge >= 0.3 is 0 Å². The fraction of sp³-hybridized carbons (Fsp3) is 1.00. The van der Waals surface area contributed by atoms with E-state index in [-0.39, 0.29) is 0 Å². The molecule has 0 radical (unpaired) electrons. The summed E-state index contributed by atoms with van der Waals surface area (Å²) in [7, 11) is 0. The molecule has 15 heavy (non-hydrogen) atoms. The lowest BCUT2D eigenvalue weighted by atomic mass is 10.1. The van der Waals surface area contributed by atoms with Gasteiger partial charge in [0.2, 0.25) is 0 Å². The average Bonchev–Trinajstić information content (AvgIpc) is 2.30. The zero-order valence-electron chi connectivity index (χ0n) is 10.6. The van der Waals surface area contributed by atoms with Gasteiger partial charge in [0.05, 0.1) is 0 Å². The molecule has 0 saturated carbocycles. The molecule has 1 aliphatic rings. The van der Waals surface area contributed by atoms with Crippen molar-refractivity contribution in [3.63, 3.8) is 0 Å². The third kappa shape index (κ3) is 3.44. The second-order valence-corrected chi connectivity index (χ2v) is 4.63. The summed E-state index contributed by atoms with van der Waals surface area (Å²) in [5.74, 6) is 0. The molecule has 0 spiro atoms. The van der Waals surface area contributed by atoms with Gasteiger partial charge in [-0.05, 0) is 19.8 Å². The van der Waals surface area contributed by atoms with E-state index >= 15 is 0 Å². The van der Waals surface area contributed by atoms with E-state index in [1.54, 1.807) is 0 Å². The number of nitrogens with two attached hydrogens (primary N) is 1. The van der Waals surface area contributed by atoms with Gasteiger partial charge in [-0.15, -0.1) is 0 Å². The molecule has 0 aromatic heterocycles. The van der Waals surface area contributed by atoms with Crippen LogP contribution in [-0.4, -0.2) is 54.6 Å². The Kier molecular flexibility index (Phi) is 5.58. The van der Waals surface area contributed by atoms with Crippen molar-refractivity contribution in [3.8, 4) is 0 Å². The van der Waals surface area contributed by atoms with Gasteiger partial charge in [0.25, 0.3) is 0 Å². The molecule has 1 saturated heterocycles. The summed E-state index contributed by atoms with van der Waals surface area (Å²) in [5.41, 5.74) is 5.69. The van der Waals surface area contributed by atoms with Crippen molar-refractivity contribution in [1.29, 1.82) is 0 Å². The minimum atomic E-state index is 0.550. The van der Waals surface area contributed by atoms with Crippen LogP contribution in [0.25, 0.3) is 0 Å². The maximum absolute atomic E-state index is 5.69. The summed E-state index contributed by atoms with van der Waals surface area (Å²) in [6.07, 6.45) is 2.56. The van der Waals surface area contributed by atoms with E-state index in [1.165, 1.54) is 39.0 Å². The van der Waals surface area contributed by atoms with Crippen LogP contribution in [0.15, 0.2) is 0 Å². The smallest absolute Gasteiger partial charge is 0.0191 e.